The van der Waals surface area contributed by atoms with Crippen LogP contribution in [0.15, 0.2) is 21.7 Å². The second-order valence-corrected chi connectivity index (χ2v) is 3.40. The molecule has 0 bridgehead atoms. The van der Waals surface area contributed by atoms with Crippen LogP contribution in [0.25, 0.3) is 0 Å². The zero-order valence-electron chi connectivity index (χ0n) is 6.68. The quantitative estimate of drug-likeness (QED) is 0.765. The van der Waals surface area contributed by atoms with Gasteiger partial charge in [0.15, 0.2) is 5.43 Å². The van der Waals surface area contributed by atoms with Crippen LogP contribution in [-0.4, -0.2) is 11.2 Å². The lowest BCUT2D eigenvalue weighted by Gasteiger charge is -2.04. The highest BCUT2D eigenvalue weighted by Crippen LogP contribution is 2.04. The van der Waals surface area contributed by atoms with E-state index < -0.39 is 6.67 Å². The van der Waals surface area contributed by atoms with E-state index in [0.29, 0.717) is 16.6 Å². The first kappa shape index (κ1) is 9.45. The number of nitrogens with zero attached hydrogens (tertiary/aromatic N) is 1. The minimum Gasteiger partial charge on any atom is -0.350 e. The first-order valence-corrected chi connectivity index (χ1v) is 4.36. The fraction of sp³-hybridized carbons (Fsp3) is 0.375. The van der Waals surface area contributed by atoms with Crippen molar-refractivity contribution >= 4 is 15.9 Å². The van der Waals surface area contributed by atoms with E-state index in [0.717, 1.165) is 0 Å². The molecular weight excluding hydrogens is 225 g/mol. The molecular formula is C8H9BrFNO. The smallest absolute Gasteiger partial charge is 0.198 e. The Hall–Kier alpha value is -0.640. The van der Waals surface area contributed by atoms with E-state index in [1.54, 1.807) is 23.9 Å². The van der Waals surface area contributed by atoms with Gasteiger partial charge in [-0.05, 0) is 22.9 Å². The van der Waals surface area contributed by atoms with Gasteiger partial charge in [0, 0.05) is 18.0 Å². The molecule has 0 atom stereocenters. The molecule has 1 aromatic heterocycles. The van der Waals surface area contributed by atoms with Crippen LogP contribution in [0.2, 0.25) is 0 Å². The van der Waals surface area contributed by atoms with E-state index in [-0.39, 0.29) is 5.43 Å². The molecule has 0 aliphatic rings. The van der Waals surface area contributed by atoms with Gasteiger partial charge in [0.25, 0.3) is 0 Å². The second kappa shape index (κ2) is 3.85. The van der Waals surface area contributed by atoms with Gasteiger partial charge in [-0.1, -0.05) is 0 Å². The Bertz CT molecular complexity index is 308. The van der Waals surface area contributed by atoms with Gasteiger partial charge in [-0.3, -0.25) is 4.79 Å². The molecule has 0 saturated carbocycles. The molecule has 0 spiro atoms. The number of halogens is 2. The molecule has 4 heteroatoms. The molecule has 0 radical (unpaired) electrons. The number of aryl methyl sites for hydroxylation is 2. The lowest BCUT2D eigenvalue weighted by molar-refractivity contribution is 0.444. The minimum absolute atomic E-state index is 0.0369. The number of rotatable bonds is 2. The molecule has 1 rings (SSSR count). The predicted molar refractivity (Wildman–Crippen MR) is 49.1 cm³/mol. The topological polar surface area (TPSA) is 22.0 Å². The summed E-state index contributed by atoms with van der Waals surface area (Å²) in [4.78, 5) is 11.2. The molecule has 1 aromatic rings. The maximum Gasteiger partial charge on any atom is 0.198 e. The molecule has 0 aliphatic heterocycles. The summed E-state index contributed by atoms with van der Waals surface area (Å²) in [6.07, 6.45) is 3.24. The number of hydrogen-bond donors (Lipinski definition) is 0. The lowest BCUT2D eigenvalue weighted by Crippen LogP contribution is -2.11. The molecule has 1 heterocycles. The van der Waals surface area contributed by atoms with Crippen LogP contribution in [0.4, 0.5) is 4.39 Å². The van der Waals surface area contributed by atoms with Crippen molar-refractivity contribution in [3.05, 3.63) is 32.7 Å². The molecule has 12 heavy (non-hydrogen) atoms. The first-order chi connectivity index (χ1) is 5.65. The minimum atomic E-state index is -0.422. The second-order valence-electron chi connectivity index (χ2n) is 2.55. The van der Waals surface area contributed by atoms with Crippen molar-refractivity contribution in [3.63, 3.8) is 0 Å². The fourth-order valence-corrected chi connectivity index (χ4v) is 1.54. The molecule has 0 aliphatic carbocycles. The van der Waals surface area contributed by atoms with Gasteiger partial charge in [-0.2, -0.15) is 0 Å². The Morgan fingerprint density at radius 2 is 2.25 bits per heavy atom. The van der Waals surface area contributed by atoms with Crippen molar-refractivity contribution in [3.8, 4) is 0 Å². The van der Waals surface area contributed by atoms with Crippen LogP contribution in [0.1, 0.15) is 5.56 Å². The third kappa shape index (κ3) is 1.94. The molecule has 0 aromatic carbocycles. The van der Waals surface area contributed by atoms with E-state index in [1.165, 1.54) is 0 Å². The maximum absolute atomic E-state index is 11.9. The van der Waals surface area contributed by atoms with Crippen molar-refractivity contribution in [2.24, 2.45) is 0 Å². The van der Waals surface area contributed by atoms with Crippen LogP contribution in [0.3, 0.4) is 0 Å². The van der Waals surface area contributed by atoms with Crippen molar-refractivity contribution in [1.82, 2.24) is 4.57 Å². The van der Waals surface area contributed by atoms with Crippen LogP contribution in [0.5, 0.6) is 0 Å². The summed E-state index contributed by atoms with van der Waals surface area (Å²) in [5, 5.41) is 0. The van der Waals surface area contributed by atoms with Gasteiger partial charge < -0.3 is 4.57 Å². The van der Waals surface area contributed by atoms with E-state index >= 15 is 0 Å². The molecule has 0 fully saturated rings. The van der Waals surface area contributed by atoms with Crippen molar-refractivity contribution in [1.29, 1.82) is 0 Å². The Labute approximate surface area is 78.2 Å². The van der Waals surface area contributed by atoms with Crippen LogP contribution >= 0.6 is 15.9 Å². The van der Waals surface area contributed by atoms with E-state index in [2.05, 4.69) is 15.9 Å². The summed E-state index contributed by atoms with van der Waals surface area (Å²) < 4.78 is 14.1. The Kier molecular flexibility index (Phi) is 3.03. The number of aromatic nitrogens is 1. The SMILES string of the molecule is Cc1cn(CCF)cc(Br)c1=O. The van der Waals surface area contributed by atoms with Gasteiger partial charge in [0.2, 0.25) is 0 Å². The zero-order chi connectivity index (χ0) is 9.14. The third-order valence-corrected chi connectivity index (χ3v) is 2.12. The highest BCUT2D eigenvalue weighted by molar-refractivity contribution is 9.10. The van der Waals surface area contributed by atoms with Crippen molar-refractivity contribution < 1.29 is 4.39 Å². The van der Waals surface area contributed by atoms with Gasteiger partial charge in [-0.25, -0.2) is 4.39 Å². The molecule has 0 saturated heterocycles. The average Bonchev–Trinajstić information content (AvgIpc) is 2.01. The highest BCUT2D eigenvalue weighted by atomic mass is 79.9. The molecule has 0 N–H and O–H groups in total. The van der Waals surface area contributed by atoms with Crippen LogP contribution in [-0.2, 0) is 6.54 Å². The van der Waals surface area contributed by atoms with E-state index in [1.807, 2.05) is 0 Å². The molecule has 66 valence electrons. The highest BCUT2D eigenvalue weighted by Gasteiger charge is 2.00. The Morgan fingerprint density at radius 1 is 1.58 bits per heavy atom. The Morgan fingerprint density at radius 3 is 2.75 bits per heavy atom. The van der Waals surface area contributed by atoms with Gasteiger partial charge in [-0.15, -0.1) is 0 Å². The normalized spacial score (nSPS) is 10.2. The fourth-order valence-electron chi connectivity index (χ4n) is 0.964. The number of alkyl halides is 1. The van der Waals surface area contributed by atoms with Gasteiger partial charge in [0.1, 0.15) is 6.67 Å². The largest absolute Gasteiger partial charge is 0.350 e. The zero-order valence-corrected chi connectivity index (χ0v) is 8.27. The van der Waals surface area contributed by atoms with Crippen LogP contribution in [0, 0.1) is 6.92 Å². The Balaban J connectivity index is 3.13. The summed E-state index contributed by atoms with van der Waals surface area (Å²) in [7, 11) is 0. The van der Waals surface area contributed by atoms with Gasteiger partial charge in [0.05, 0.1) is 11.0 Å². The van der Waals surface area contributed by atoms with Gasteiger partial charge >= 0.3 is 0 Å². The summed E-state index contributed by atoms with van der Waals surface area (Å²) in [6, 6.07) is 0. The summed E-state index contributed by atoms with van der Waals surface area (Å²) >= 11 is 3.11. The standard InChI is InChI=1S/C8H9BrFNO/c1-6-4-11(3-2-10)5-7(9)8(6)12/h4-5H,2-3H2,1H3. The summed E-state index contributed by atoms with van der Waals surface area (Å²) in [5.74, 6) is 0. The maximum atomic E-state index is 11.9. The van der Waals surface area contributed by atoms with E-state index in [9.17, 15) is 9.18 Å². The number of pyridine rings is 1. The van der Waals surface area contributed by atoms with E-state index in [4.69, 9.17) is 0 Å². The molecule has 0 unspecified atom stereocenters. The van der Waals surface area contributed by atoms with Crippen LogP contribution < -0.4 is 5.43 Å². The van der Waals surface area contributed by atoms with Crippen molar-refractivity contribution in [2.75, 3.05) is 6.67 Å². The summed E-state index contributed by atoms with van der Waals surface area (Å²) in [6.45, 7) is 1.58. The number of hydrogen-bond acceptors (Lipinski definition) is 1. The predicted octanol–water partition coefficient (Wildman–Crippen LogP) is 1.89. The monoisotopic (exact) mass is 233 g/mol. The lowest BCUT2D eigenvalue weighted by atomic mass is 10.3. The molecule has 0 amide bonds. The first-order valence-electron chi connectivity index (χ1n) is 3.57. The average molecular weight is 234 g/mol. The summed E-state index contributed by atoms with van der Waals surface area (Å²) in [5.41, 5.74) is 0.586. The molecule has 2 nitrogen and oxygen atoms in total. The third-order valence-electron chi connectivity index (χ3n) is 1.56. The van der Waals surface area contributed by atoms with Crippen molar-refractivity contribution in [2.45, 2.75) is 13.5 Å².